The summed E-state index contributed by atoms with van der Waals surface area (Å²) < 4.78 is 13.8. The second kappa shape index (κ2) is 7.35. The summed E-state index contributed by atoms with van der Waals surface area (Å²) in [6.07, 6.45) is -0.613. The first kappa shape index (κ1) is 17.6. The van der Waals surface area contributed by atoms with Crippen LogP contribution in [-0.4, -0.2) is 22.3 Å². The molecule has 136 valence electrons. The third kappa shape index (κ3) is 3.28. The average Bonchev–Trinajstić information content (AvgIpc) is 2.91. The van der Waals surface area contributed by atoms with Gasteiger partial charge < -0.3 is 9.47 Å². The van der Waals surface area contributed by atoms with E-state index in [-0.39, 0.29) is 5.69 Å². The number of anilines is 1. The van der Waals surface area contributed by atoms with Crippen molar-refractivity contribution in [1.82, 2.24) is 9.13 Å². The Morgan fingerprint density at radius 2 is 1.69 bits per heavy atom. The lowest BCUT2D eigenvalue weighted by molar-refractivity contribution is 0.215. The first-order valence-electron chi connectivity index (χ1n) is 8.43. The Kier molecular flexibility index (Phi) is 4.97. The van der Waals surface area contributed by atoms with E-state index in [9.17, 15) is 9.59 Å². The molecule has 2 aromatic carbocycles. The summed E-state index contributed by atoms with van der Waals surface area (Å²) in [5.41, 5.74) is 2.12. The number of hydrogen-bond donors (Lipinski definition) is 1. The van der Waals surface area contributed by atoms with Crippen molar-refractivity contribution in [3.63, 3.8) is 0 Å². The van der Waals surface area contributed by atoms with Crippen molar-refractivity contribution in [1.29, 1.82) is 0 Å². The van der Waals surface area contributed by atoms with E-state index in [1.54, 1.807) is 52.6 Å². The molecule has 0 saturated carbocycles. The Bertz CT molecular complexity index is 1000. The Balaban J connectivity index is 1.84. The van der Waals surface area contributed by atoms with Gasteiger partial charge in [0.2, 0.25) is 0 Å². The van der Waals surface area contributed by atoms with Crippen LogP contribution in [0.2, 0.25) is 0 Å². The molecule has 3 rings (SSSR count). The van der Waals surface area contributed by atoms with Crippen LogP contribution in [0.15, 0.2) is 47.3 Å². The highest BCUT2D eigenvalue weighted by molar-refractivity contribution is 5.90. The maximum atomic E-state index is 12.4. The summed E-state index contributed by atoms with van der Waals surface area (Å²) in [6, 6.07) is 12.1. The largest absolute Gasteiger partial charge is 0.497 e. The number of imidazole rings is 1. The van der Waals surface area contributed by atoms with E-state index in [4.69, 9.17) is 9.47 Å². The maximum Gasteiger partial charge on any atom is 0.417 e. The Labute approximate surface area is 150 Å². The molecule has 1 aromatic heterocycles. The number of carbonyl (C=O) groups is 1. The van der Waals surface area contributed by atoms with Crippen LogP contribution in [0.25, 0.3) is 11.0 Å². The third-order valence-corrected chi connectivity index (χ3v) is 4.15. The molecule has 1 heterocycles. The number of carbonyl (C=O) groups excluding carboxylic acids is 1. The highest BCUT2D eigenvalue weighted by Crippen LogP contribution is 2.21. The van der Waals surface area contributed by atoms with Gasteiger partial charge in [0.1, 0.15) is 11.5 Å². The fourth-order valence-corrected chi connectivity index (χ4v) is 2.92. The van der Waals surface area contributed by atoms with E-state index >= 15 is 0 Å². The smallest absolute Gasteiger partial charge is 0.417 e. The molecule has 0 saturated heterocycles. The SMILES string of the molecule is CCn1c(=O)n(CC)c2cc(NC(=O)Oc3cccc(OC)c3)ccc21. The van der Waals surface area contributed by atoms with Crippen molar-refractivity contribution in [2.75, 3.05) is 12.4 Å². The molecular weight excluding hydrogens is 334 g/mol. The van der Waals surface area contributed by atoms with Crippen molar-refractivity contribution >= 4 is 22.8 Å². The van der Waals surface area contributed by atoms with E-state index in [1.807, 2.05) is 19.9 Å². The molecule has 1 N–H and O–H groups in total. The van der Waals surface area contributed by atoms with Crippen molar-refractivity contribution in [2.24, 2.45) is 0 Å². The molecule has 0 atom stereocenters. The molecule has 0 spiro atoms. The first-order valence-corrected chi connectivity index (χ1v) is 8.43. The van der Waals surface area contributed by atoms with Gasteiger partial charge in [-0.15, -0.1) is 0 Å². The Morgan fingerprint density at radius 3 is 2.38 bits per heavy atom. The van der Waals surface area contributed by atoms with Crippen LogP contribution >= 0.6 is 0 Å². The average molecular weight is 355 g/mol. The maximum absolute atomic E-state index is 12.4. The summed E-state index contributed by atoms with van der Waals surface area (Å²) in [7, 11) is 1.55. The number of hydrogen-bond acceptors (Lipinski definition) is 4. The third-order valence-electron chi connectivity index (χ3n) is 4.15. The number of methoxy groups -OCH3 is 1. The van der Waals surface area contributed by atoms with Gasteiger partial charge in [-0.1, -0.05) is 6.07 Å². The number of rotatable bonds is 5. The van der Waals surface area contributed by atoms with Crippen molar-refractivity contribution in [3.8, 4) is 11.5 Å². The number of aromatic nitrogens is 2. The second-order valence-electron chi connectivity index (χ2n) is 5.67. The quantitative estimate of drug-likeness (QED) is 0.760. The lowest BCUT2D eigenvalue weighted by atomic mass is 10.2. The van der Waals surface area contributed by atoms with Gasteiger partial charge >= 0.3 is 11.8 Å². The normalized spacial score (nSPS) is 10.7. The van der Waals surface area contributed by atoms with Gasteiger partial charge in [-0.05, 0) is 44.2 Å². The van der Waals surface area contributed by atoms with Crippen LogP contribution in [0, 0.1) is 0 Å². The molecule has 0 aliphatic rings. The van der Waals surface area contributed by atoms with Gasteiger partial charge in [0, 0.05) is 24.8 Å². The number of fused-ring (bicyclic) bond motifs is 1. The summed E-state index contributed by atoms with van der Waals surface area (Å²) in [4.78, 5) is 24.5. The van der Waals surface area contributed by atoms with Gasteiger partial charge in [0.05, 0.1) is 18.1 Å². The number of aryl methyl sites for hydroxylation is 2. The summed E-state index contributed by atoms with van der Waals surface area (Å²) in [6.45, 7) is 4.99. The topological polar surface area (TPSA) is 74.5 Å². The summed E-state index contributed by atoms with van der Waals surface area (Å²) in [5, 5.41) is 2.69. The summed E-state index contributed by atoms with van der Waals surface area (Å²) in [5.74, 6) is 0.982. The number of benzene rings is 2. The van der Waals surface area contributed by atoms with Crippen molar-refractivity contribution in [2.45, 2.75) is 26.9 Å². The van der Waals surface area contributed by atoms with Gasteiger partial charge in [0.25, 0.3) is 0 Å². The van der Waals surface area contributed by atoms with E-state index in [1.165, 1.54) is 0 Å². The zero-order valence-electron chi connectivity index (χ0n) is 15.0. The minimum atomic E-state index is -0.613. The van der Waals surface area contributed by atoms with Crippen molar-refractivity contribution in [3.05, 3.63) is 52.9 Å². The van der Waals surface area contributed by atoms with Crippen molar-refractivity contribution < 1.29 is 14.3 Å². The number of ether oxygens (including phenoxy) is 2. The number of nitrogens with zero attached hydrogens (tertiary/aromatic N) is 2. The monoisotopic (exact) mass is 355 g/mol. The summed E-state index contributed by atoms with van der Waals surface area (Å²) >= 11 is 0. The Morgan fingerprint density at radius 1 is 1.00 bits per heavy atom. The standard InChI is InChI=1S/C19H21N3O4/c1-4-21-16-10-9-13(11-17(16)22(5-2)19(21)24)20-18(23)26-15-8-6-7-14(12-15)25-3/h6-12H,4-5H2,1-3H3,(H,20,23). The lowest BCUT2D eigenvalue weighted by Crippen LogP contribution is -2.23. The molecule has 0 aliphatic carbocycles. The minimum absolute atomic E-state index is 0.0545. The zero-order chi connectivity index (χ0) is 18.7. The molecule has 0 radical (unpaired) electrons. The van der Waals surface area contributed by atoms with Crippen LogP contribution in [0.3, 0.4) is 0 Å². The molecule has 26 heavy (non-hydrogen) atoms. The van der Waals surface area contributed by atoms with E-state index < -0.39 is 6.09 Å². The lowest BCUT2D eigenvalue weighted by Gasteiger charge is -2.08. The highest BCUT2D eigenvalue weighted by Gasteiger charge is 2.13. The highest BCUT2D eigenvalue weighted by atomic mass is 16.6. The van der Waals surface area contributed by atoms with E-state index in [0.717, 1.165) is 11.0 Å². The van der Waals surface area contributed by atoms with Gasteiger partial charge in [0.15, 0.2) is 0 Å². The van der Waals surface area contributed by atoms with E-state index in [0.29, 0.717) is 30.3 Å². The second-order valence-corrected chi connectivity index (χ2v) is 5.67. The van der Waals surface area contributed by atoms with Crippen LogP contribution in [0.5, 0.6) is 11.5 Å². The van der Waals surface area contributed by atoms with Gasteiger partial charge in [-0.3, -0.25) is 14.5 Å². The predicted molar refractivity (Wildman–Crippen MR) is 100 cm³/mol. The van der Waals surface area contributed by atoms with Gasteiger partial charge in [-0.25, -0.2) is 9.59 Å². The van der Waals surface area contributed by atoms with Crippen LogP contribution in [-0.2, 0) is 13.1 Å². The molecule has 0 unspecified atom stereocenters. The van der Waals surface area contributed by atoms with E-state index in [2.05, 4.69) is 5.32 Å². The molecule has 0 fully saturated rings. The molecule has 7 nitrogen and oxygen atoms in total. The fraction of sp³-hybridized carbons (Fsp3) is 0.263. The zero-order valence-corrected chi connectivity index (χ0v) is 15.0. The molecule has 0 bridgehead atoms. The molecule has 7 heteroatoms. The minimum Gasteiger partial charge on any atom is -0.497 e. The number of nitrogens with one attached hydrogen (secondary N) is 1. The van der Waals surface area contributed by atoms with Crippen LogP contribution in [0.1, 0.15) is 13.8 Å². The molecular formula is C19H21N3O4. The van der Waals surface area contributed by atoms with Crippen LogP contribution < -0.4 is 20.5 Å². The molecule has 3 aromatic rings. The molecule has 1 amide bonds. The molecule has 0 aliphatic heterocycles. The Hall–Kier alpha value is -3.22. The van der Waals surface area contributed by atoms with Gasteiger partial charge in [-0.2, -0.15) is 0 Å². The predicted octanol–water partition coefficient (Wildman–Crippen LogP) is 3.46. The fourth-order valence-electron chi connectivity index (χ4n) is 2.92. The van der Waals surface area contributed by atoms with Crippen LogP contribution in [0.4, 0.5) is 10.5 Å². The number of amides is 1. The first-order chi connectivity index (χ1) is 12.6.